The van der Waals surface area contributed by atoms with E-state index in [2.05, 4.69) is 21.2 Å². The van der Waals surface area contributed by atoms with Gasteiger partial charge in [0.2, 0.25) is 5.72 Å². The molecule has 32 heavy (non-hydrogen) atoms. The van der Waals surface area contributed by atoms with Crippen LogP contribution < -0.4 is 10.6 Å². The van der Waals surface area contributed by atoms with Gasteiger partial charge < -0.3 is 20.2 Å². The van der Waals surface area contributed by atoms with Gasteiger partial charge in [-0.2, -0.15) is 13.2 Å². The van der Waals surface area contributed by atoms with Crippen LogP contribution in [-0.4, -0.2) is 28.8 Å². The number of aliphatic hydroxyl groups is 1. The van der Waals surface area contributed by atoms with Gasteiger partial charge >= 0.3 is 12.2 Å². The minimum absolute atomic E-state index is 0.0530. The van der Waals surface area contributed by atoms with Crippen LogP contribution in [0.1, 0.15) is 22.2 Å². The number of Topliss-reactive ketones (excluding diaryl/α,β-unsaturated/α-hetero) is 1. The van der Waals surface area contributed by atoms with Gasteiger partial charge in [-0.1, -0.05) is 58.4 Å². The summed E-state index contributed by atoms with van der Waals surface area (Å²) in [7, 11) is 0. The highest BCUT2D eigenvalue weighted by molar-refractivity contribution is 9.10. The number of hydrogen-bond acceptors (Lipinski definition) is 4. The van der Waals surface area contributed by atoms with Crippen molar-refractivity contribution in [2.45, 2.75) is 17.9 Å². The summed E-state index contributed by atoms with van der Waals surface area (Å²) < 4.78 is 48.4. The Bertz CT molecular complexity index is 1150. The number of alkyl halides is 3. The molecule has 0 aliphatic carbocycles. The van der Waals surface area contributed by atoms with Gasteiger partial charge in [0.05, 0.1) is 0 Å². The molecule has 0 bridgehead atoms. The van der Waals surface area contributed by atoms with Crippen molar-refractivity contribution >= 4 is 27.7 Å². The number of ketones is 1. The zero-order chi connectivity index (χ0) is 23.1. The largest absolute Gasteiger partial charge is 0.459 e. The van der Waals surface area contributed by atoms with E-state index in [0.29, 0.717) is 11.3 Å². The summed E-state index contributed by atoms with van der Waals surface area (Å²) in [5.74, 6) is -2.94. The highest BCUT2D eigenvalue weighted by Gasteiger charge is 2.66. The van der Waals surface area contributed by atoms with Crippen LogP contribution >= 0.6 is 15.9 Å². The third-order valence-electron chi connectivity index (χ3n) is 5.21. The second-order valence-corrected chi connectivity index (χ2v) is 8.17. The van der Waals surface area contributed by atoms with Gasteiger partial charge in [-0.25, -0.2) is 4.79 Å². The molecule has 1 aliphatic heterocycles. The molecule has 1 fully saturated rings. The predicted molar refractivity (Wildman–Crippen MR) is 112 cm³/mol. The highest BCUT2D eigenvalue weighted by Crippen LogP contribution is 2.44. The first-order valence-electron chi connectivity index (χ1n) is 9.43. The fraction of sp³-hybridized carbons (Fsp3) is 0.182. The van der Waals surface area contributed by atoms with Crippen LogP contribution in [0, 0.1) is 5.92 Å². The Labute approximate surface area is 188 Å². The van der Waals surface area contributed by atoms with E-state index in [-0.39, 0.29) is 11.3 Å². The first-order valence-corrected chi connectivity index (χ1v) is 10.2. The number of carbonyl (C=O) groups is 2. The van der Waals surface area contributed by atoms with Gasteiger partial charge in [0.1, 0.15) is 23.5 Å². The molecule has 0 unspecified atom stereocenters. The third kappa shape index (κ3) is 3.91. The maximum atomic E-state index is 13.9. The summed E-state index contributed by atoms with van der Waals surface area (Å²) in [5.41, 5.74) is -3.23. The van der Waals surface area contributed by atoms with Gasteiger partial charge in [0, 0.05) is 15.6 Å². The molecular formula is C22H16BrF3N2O4. The summed E-state index contributed by atoms with van der Waals surface area (Å²) in [4.78, 5) is 25.3. The lowest BCUT2D eigenvalue weighted by Gasteiger charge is -2.44. The first kappa shape index (κ1) is 22.1. The maximum Gasteiger partial charge on any atom is 0.437 e. The fourth-order valence-electron chi connectivity index (χ4n) is 3.65. The van der Waals surface area contributed by atoms with Crippen LogP contribution in [0.3, 0.4) is 0 Å². The van der Waals surface area contributed by atoms with Crippen LogP contribution in [0.5, 0.6) is 0 Å². The minimum atomic E-state index is -5.33. The zero-order valence-corrected chi connectivity index (χ0v) is 17.8. The smallest absolute Gasteiger partial charge is 0.437 e. The van der Waals surface area contributed by atoms with Gasteiger partial charge in [0.25, 0.3) is 0 Å². The Morgan fingerprint density at radius 2 is 1.69 bits per heavy atom. The van der Waals surface area contributed by atoms with Crippen molar-refractivity contribution in [1.82, 2.24) is 10.6 Å². The van der Waals surface area contributed by atoms with E-state index in [4.69, 9.17) is 4.42 Å². The second-order valence-electron chi connectivity index (χ2n) is 7.26. The standard InChI is InChI=1S/C22H16BrF3N2O4/c23-14-8-6-12(7-9-14)15-10-11-16(32-15)18-17(19(29)13-4-2-1-3-5-13)21(31,22(24,25)26)28-20(30)27-18/h1-11,17-18,31H,(H2,27,28,30)/t17-,18+,21+/m0/s1. The number of hydrogen-bond donors (Lipinski definition) is 3. The van der Waals surface area contributed by atoms with Crippen LogP contribution in [-0.2, 0) is 0 Å². The van der Waals surface area contributed by atoms with Crippen molar-refractivity contribution in [2.24, 2.45) is 5.92 Å². The molecule has 1 aromatic heterocycles. The lowest BCUT2D eigenvalue weighted by atomic mass is 9.79. The van der Waals surface area contributed by atoms with E-state index in [0.717, 1.165) is 4.47 Å². The molecule has 2 heterocycles. The van der Waals surface area contributed by atoms with Crippen molar-refractivity contribution in [3.05, 3.63) is 82.5 Å². The minimum Gasteiger partial charge on any atom is -0.459 e. The topological polar surface area (TPSA) is 91.6 Å². The van der Waals surface area contributed by atoms with Crippen molar-refractivity contribution in [2.75, 3.05) is 0 Å². The average Bonchev–Trinajstić information content (AvgIpc) is 3.23. The predicted octanol–water partition coefficient (Wildman–Crippen LogP) is 4.81. The van der Waals surface area contributed by atoms with Crippen LogP contribution in [0.2, 0.25) is 0 Å². The molecule has 2 aromatic carbocycles. The van der Waals surface area contributed by atoms with E-state index in [1.165, 1.54) is 41.7 Å². The van der Waals surface area contributed by atoms with E-state index in [1.54, 1.807) is 30.3 Å². The average molecular weight is 509 g/mol. The summed E-state index contributed by atoms with van der Waals surface area (Å²) in [6.07, 6.45) is -5.33. The first-order chi connectivity index (χ1) is 15.1. The monoisotopic (exact) mass is 508 g/mol. The Morgan fingerprint density at radius 1 is 1.03 bits per heavy atom. The molecule has 0 spiro atoms. The SMILES string of the molecule is O=C1N[C@H](c2ccc(-c3ccc(Br)cc3)o2)[C@@H](C(=O)c2ccccc2)[C@@](O)(C(F)(F)F)N1. The number of amides is 2. The van der Waals surface area contributed by atoms with Crippen LogP contribution in [0.25, 0.3) is 11.3 Å². The van der Waals surface area contributed by atoms with Gasteiger partial charge in [-0.05, 0) is 24.3 Å². The number of carbonyl (C=O) groups excluding carboxylic acids is 2. The van der Waals surface area contributed by atoms with Gasteiger partial charge in [-0.3, -0.25) is 4.79 Å². The van der Waals surface area contributed by atoms with E-state index < -0.39 is 35.7 Å². The number of urea groups is 1. The molecule has 3 N–H and O–H groups in total. The van der Waals surface area contributed by atoms with E-state index in [9.17, 15) is 27.9 Å². The fourth-order valence-corrected chi connectivity index (χ4v) is 3.91. The Morgan fingerprint density at radius 3 is 2.31 bits per heavy atom. The number of rotatable bonds is 4. The number of furan rings is 1. The third-order valence-corrected chi connectivity index (χ3v) is 5.74. The number of halogens is 4. The molecule has 10 heteroatoms. The second kappa shape index (κ2) is 8.10. The molecule has 1 aliphatic rings. The molecule has 1 saturated heterocycles. The van der Waals surface area contributed by atoms with Crippen molar-refractivity contribution in [1.29, 1.82) is 0 Å². The quantitative estimate of drug-likeness (QED) is 0.441. The highest BCUT2D eigenvalue weighted by atomic mass is 79.9. The summed E-state index contributed by atoms with van der Waals surface area (Å²) in [6, 6.07) is 14.2. The Kier molecular flexibility index (Phi) is 5.59. The Hall–Kier alpha value is -3.11. The maximum absolute atomic E-state index is 13.9. The van der Waals surface area contributed by atoms with Crippen LogP contribution in [0.15, 0.2) is 75.6 Å². The lowest BCUT2D eigenvalue weighted by Crippen LogP contribution is -2.72. The molecule has 4 rings (SSSR count). The molecule has 2 amide bonds. The molecule has 166 valence electrons. The zero-order valence-electron chi connectivity index (χ0n) is 16.2. The molecule has 3 atom stereocenters. The number of nitrogens with one attached hydrogen (secondary N) is 2. The normalized spacial score (nSPS) is 23.3. The lowest BCUT2D eigenvalue weighted by molar-refractivity contribution is -0.288. The molecule has 0 saturated carbocycles. The van der Waals surface area contributed by atoms with Gasteiger partial charge in [-0.15, -0.1) is 0 Å². The summed E-state index contributed by atoms with van der Waals surface area (Å²) in [6.45, 7) is 0. The van der Waals surface area contributed by atoms with Crippen molar-refractivity contribution < 1.29 is 32.3 Å². The number of benzene rings is 2. The summed E-state index contributed by atoms with van der Waals surface area (Å²) >= 11 is 3.31. The van der Waals surface area contributed by atoms with Crippen molar-refractivity contribution in [3.8, 4) is 11.3 Å². The van der Waals surface area contributed by atoms with E-state index in [1.807, 2.05) is 0 Å². The van der Waals surface area contributed by atoms with E-state index >= 15 is 0 Å². The molecule has 6 nitrogen and oxygen atoms in total. The van der Waals surface area contributed by atoms with Gasteiger partial charge in [0.15, 0.2) is 5.78 Å². The molecular weight excluding hydrogens is 493 g/mol. The van der Waals surface area contributed by atoms with Crippen molar-refractivity contribution in [3.63, 3.8) is 0 Å². The Balaban J connectivity index is 1.80. The summed E-state index contributed by atoms with van der Waals surface area (Å²) in [5, 5.41) is 14.4. The van der Waals surface area contributed by atoms with Crippen LogP contribution in [0.4, 0.5) is 18.0 Å². The molecule has 0 radical (unpaired) electrons. The molecule has 3 aromatic rings.